The number of esters is 1. The topological polar surface area (TPSA) is 81.4 Å². The van der Waals surface area contributed by atoms with Gasteiger partial charge in [0.05, 0.1) is 28.4 Å². The lowest BCUT2D eigenvalue weighted by Gasteiger charge is -2.08. The zero-order chi connectivity index (χ0) is 20.8. The molecule has 6 nitrogen and oxygen atoms in total. The van der Waals surface area contributed by atoms with E-state index < -0.39 is 18.5 Å². The fourth-order valence-corrected chi connectivity index (χ4v) is 2.84. The third kappa shape index (κ3) is 5.82. The Morgan fingerprint density at radius 1 is 1.14 bits per heavy atom. The first-order valence-corrected chi connectivity index (χ1v) is 9.59. The van der Waals surface area contributed by atoms with Crippen molar-refractivity contribution >= 4 is 40.8 Å². The summed E-state index contributed by atoms with van der Waals surface area (Å²) in [5, 5.41) is 3.08. The average Bonchev–Trinajstić information content (AvgIpc) is 3.18. The van der Waals surface area contributed by atoms with Crippen molar-refractivity contribution in [2.24, 2.45) is 0 Å². The van der Waals surface area contributed by atoms with Gasteiger partial charge in [-0.25, -0.2) is 4.98 Å². The van der Waals surface area contributed by atoms with Crippen LogP contribution in [-0.2, 0) is 20.7 Å². The minimum atomic E-state index is -0.535. The van der Waals surface area contributed by atoms with Crippen LogP contribution in [0.4, 0.5) is 5.69 Å². The second-order valence-corrected chi connectivity index (χ2v) is 7.08. The minimum Gasteiger partial charge on any atom is -0.456 e. The van der Waals surface area contributed by atoms with Crippen molar-refractivity contribution in [3.8, 4) is 11.3 Å². The van der Waals surface area contributed by atoms with E-state index in [0.717, 1.165) is 11.1 Å². The fraction of sp³-hybridized carbons (Fsp3) is 0.190. The highest BCUT2D eigenvalue weighted by atomic mass is 35.5. The molecule has 1 amide bonds. The van der Waals surface area contributed by atoms with Gasteiger partial charge in [-0.1, -0.05) is 59.1 Å². The molecule has 0 aliphatic rings. The second-order valence-electron chi connectivity index (χ2n) is 6.29. The molecule has 29 heavy (non-hydrogen) atoms. The Balaban J connectivity index is 1.45. The van der Waals surface area contributed by atoms with Gasteiger partial charge in [0.25, 0.3) is 5.91 Å². The number of amides is 1. The standard InChI is InChI=1S/C21H18Cl2N2O4/c1-13-5-7-14(8-6-13)17-11-24-19(29-17)9-10-20(27)28-12-18(26)25-16-4-2-3-15(22)21(16)23/h2-8,11H,9-10,12H2,1H3,(H,25,26). The Morgan fingerprint density at radius 3 is 2.66 bits per heavy atom. The number of aromatic nitrogens is 1. The lowest BCUT2D eigenvalue weighted by atomic mass is 10.1. The Morgan fingerprint density at radius 2 is 1.90 bits per heavy atom. The summed E-state index contributed by atoms with van der Waals surface area (Å²) >= 11 is 11.9. The van der Waals surface area contributed by atoms with Crippen molar-refractivity contribution in [1.82, 2.24) is 4.98 Å². The molecule has 150 valence electrons. The van der Waals surface area contributed by atoms with E-state index in [1.165, 1.54) is 0 Å². The van der Waals surface area contributed by atoms with Gasteiger partial charge in [0.15, 0.2) is 18.3 Å². The van der Waals surface area contributed by atoms with Crippen LogP contribution in [0.15, 0.2) is 53.1 Å². The summed E-state index contributed by atoms with van der Waals surface area (Å²) in [5.41, 5.74) is 2.41. The maximum Gasteiger partial charge on any atom is 0.306 e. The summed E-state index contributed by atoms with van der Waals surface area (Å²) in [6.45, 7) is 1.58. The van der Waals surface area contributed by atoms with E-state index >= 15 is 0 Å². The van der Waals surface area contributed by atoms with Gasteiger partial charge < -0.3 is 14.5 Å². The number of benzene rings is 2. The van der Waals surface area contributed by atoms with Gasteiger partial charge in [-0.3, -0.25) is 9.59 Å². The molecule has 8 heteroatoms. The van der Waals surface area contributed by atoms with Gasteiger partial charge >= 0.3 is 5.97 Å². The number of hydrogen-bond donors (Lipinski definition) is 1. The Kier molecular flexibility index (Phi) is 6.90. The number of halogens is 2. The monoisotopic (exact) mass is 432 g/mol. The number of rotatable bonds is 7. The minimum absolute atomic E-state index is 0.0407. The summed E-state index contributed by atoms with van der Waals surface area (Å²) in [6.07, 6.45) is 1.93. The van der Waals surface area contributed by atoms with Crippen LogP contribution in [0, 0.1) is 6.92 Å². The van der Waals surface area contributed by atoms with E-state index in [-0.39, 0.29) is 17.9 Å². The van der Waals surface area contributed by atoms with Gasteiger partial charge in [0.1, 0.15) is 0 Å². The van der Waals surface area contributed by atoms with Crippen molar-refractivity contribution in [2.75, 3.05) is 11.9 Å². The van der Waals surface area contributed by atoms with Gasteiger partial charge in [0, 0.05) is 12.0 Å². The predicted molar refractivity (Wildman–Crippen MR) is 111 cm³/mol. The molecule has 0 saturated carbocycles. The lowest BCUT2D eigenvalue weighted by Crippen LogP contribution is -2.21. The molecule has 0 unspecified atom stereocenters. The van der Waals surface area contributed by atoms with Crippen LogP contribution in [0.5, 0.6) is 0 Å². The highest BCUT2D eigenvalue weighted by Crippen LogP contribution is 2.29. The second kappa shape index (κ2) is 9.58. The average molecular weight is 433 g/mol. The molecule has 0 bridgehead atoms. The summed E-state index contributed by atoms with van der Waals surface area (Å²) < 4.78 is 10.6. The van der Waals surface area contributed by atoms with Crippen molar-refractivity contribution in [3.63, 3.8) is 0 Å². The van der Waals surface area contributed by atoms with Crippen molar-refractivity contribution in [1.29, 1.82) is 0 Å². The van der Waals surface area contributed by atoms with Gasteiger partial charge in [-0.2, -0.15) is 0 Å². The fourth-order valence-electron chi connectivity index (χ4n) is 2.49. The number of carbonyl (C=O) groups is 2. The smallest absolute Gasteiger partial charge is 0.306 e. The third-order valence-corrected chi connectivity index (χ3v) is 4.84. The molecular weight excluding hydrogens is 415 g/mol. The summed E-state index contributed by atoms with van der Waals surface area (Å²) in [4.78, 5) is 28.0. The maximum atomic E-state index is 11.9. The largest absolute Gasteiger partial charge is 0.456 e. The molecule has 3 aromatic rings. The number of nitrogens with one attached hydrogen (secondary N) is 1. The molecule has 2 aromatic carbocycles. The number of ether oxygens (including phenoxy) is 1. The van der Waals surface area contributed by atoms with Gasteiger partial charge in [-0.15, -0.1) is 0 Å². The zero-order valence-corrected chi connectivity index (χ0v) is 17.1. The molecule has 1 N–H and O–H groups in total. The van der Waals surface area contributed by atoms with Crippen LogP contribution in [0.25, 0.3) is 11.3 Å². The van der Waals surface area contributed by atoms with Crippen LogP contribution in [0.1, 0.15) is 17.9 Å². The molecule has 0 fully saturated rings. The summed E-state index contributed by atoms with van der Waals surface area (Å²) in [6, 6.07) is 12.7. The van der Waals surface area contributed by atoms with E-state index in [2.05, 4.69) is 10.3 Å². The molecule has 1 aromatic heterocycles. The highest BCUT2D eigenvalue weighted by Gasteiger charge is 2.13. The van der Waals surface area contributed by atoms with Crippen LogP contribution < -0.4 is 5.32 Å². The quantitative estimate of drug-likeness (QED) is 0.526. The van der Waals surface area contributed by atoms with Crippen LogP contribution >= 0.6 is 23.2 Å². The third-order valence-electron chi connectivity index (χ3n) is 4.02. The molecule has 0 spiro atoms. The van der Waals surface area contributed by atoms with Crippen LogP contribution in [-0.4, -0.2) is 23.5 Å². The molecule has 1 heterocycles. The lowest BCUT2D eigenvalue weighted by molar-refractivity contribution is -0.147. The molecule has 0 radical (unpaired) electrons. The molecule has 0 atom stereocenters. The SMILES string of the molecule is Cc1ccc(-c2cnc(CCC(=O)OCC(=O)Nc3cccc(Cl)c3Cl)o2)cc1. The summed E-state index contributed by atoms with van der Waals surface area (Å²) in [5.74, 6) is 0.00607. The van der Waals surface area contributed by atoms with Crippen molar-refractivity contribution in [2.45, 2.75) is 19.8 Å². The van der Waals surface area contributed by atoms with Crippen molar-refractivity contribution in [3.05, 3.63) is 70.2 Å². The number of oxazole rings is 1. The normalized spacial score (nSPS) is 10.6. The molecule has 3 rings (SSSR count). The molecule has 0 saturated heterocycles. The first-order chi connectivity index (χ1) is 13.9. The Bertz CT molecular complexity index is 1020. The number of nitrogens with zero attached hydrogens (tertiary/aromatic N) is 1. The first-order valence-electron chi connectivity index (χ1n) is 8.83. The molecule has 0 aliphatic carbocycles. The number of carbonyl (C=O) groups excluding carboxylic acids is 2. The molecule has 0 aliphatic heterocycles. The summed E-state index contributed by atoms with van der Waals surface area (Å²) in [7, 11) is 0. The van der Waals surface area contributed by atoms with E-state index in [1.54, 1.807) is 24.4 Å². The first kappa shape index (κ1) is 20.9. The van der Waals surface area contributed by atoms with Gasteiger partial charge in [0.2, 0.25) is 0 Å². The Labute approximate surface area is 177 Å². The number of hydrogen-bond acceptors (Lipinski definition) is 5. The zero-order valence-electron chi connectivity index (χ0n) is 15.6. The van der Waals surface area contributed by atoms with E-state index in [1.807, 2.05) is 31.2 Å². The maximum absolute atomic E-state index is 11.9. The number of anilines is 1. The van der Waals surface area contributed by atoms with E-state index in [9.17, 15) is 9.59 Å². The van der Waals surface area contributed by atoms with E-state index in [4.69, 9.17) is 32.4 Å². The predicted octanol–water partition coefficient (Wildman–Crippen LogP) is 5.07. The highest BCUT2D eigenvalue weighted by molar-refractivity contribution is 6.44. The number of aryl methyl sites for hydroxylation is 2. The molecular formula is C21H18Cl2N2O4. The van der Waals surface area contributed by atoms with Gasteiger partial charge in [-0.05, 0) is 19.1 Å². The van der Waals surface area contributed by atoms with E-state index in [0.29, 0.717) is 22.4 Å². The van der Waals surface area contributed by atoms with Crippen molar-refractivity contribution < 1.29 is 18.7 Å². The van der Waals surface area contributed by atoms with Crippen LogP contribution in [0.2, 0.25) is 10.0 Å². The Hall–Kier alpha value is -2.83. The van der Waals surface area contributed by atoms with Crippen LogP contribution in [0.3, 0.4) is 0 Å².